The van der Waals surface area contributed by atoms with Crippen molar-refractivity contribution >= 4 is 5.97 Å². The van der Waals surface area contributed by atoms with E-state index in [2.05, 4.69) is 20.3 Å². The van der Waals surface area contributed by atoms with Crippen molar-refractivity contribution in [2.45, 2.75) is 24.9 Å². The van der Waals surface area contributed by atoms with E-state index in [-0.39, 0.29) is 6.04 Å². The van der Waals surface area contributed by atoms with Crippen LogP contribution in [0, 0.1) is 0 Å². The molecule has 6 nitrogen and oxygen atoms in total. The maximum atomic E-state index is 10.7. The summed E-state index contributed by atoms with van der Waals surface area (Å²) in [5.74, 6) is -0.203. The minimum atomic E-state index is -0.818. The van der Waals surface area contributed by atoms with Crippen LogP contribution in [-0.4, -0.2) is 32.1 Å². The van der Waals surface area contributed by atoms with Gasteiger partial charge in [0.2, 0.25) is 0 Å². The van der Waals surface area contributed by atoms with E-state index in [0.29, 0.717) is 12.2 Å². The summed E-state index contributed by atoms with van der Waals surface area (Å²) in [5.41, 5.74) is 0. The summed E-state index contributed by atoms with van der Waals surface area (Å²) < 4.78 is 0. The van der Waals surface area contributed by atoms with Gasteiger partial charge in [-0.2, -0.15) is 0 Å². The van der Waals surface area contributed by atoms with E-state index in [1.165, 1.54) is 12.7 Å². The van der Waals surface area contributed by atoms with Gasteiger partial charge in [-0.15, -0.1) is 0 Å². The summed E-state index contributed by atoms with van der Waals surface area (Å²) in [6, 6.07) is -0.532. The van der Waals surface area contributed by atoms with E-state index in [4.69, 9.17) is 5.11 Å². The topological polar surface area (TPSA) is 88.0 Å². The van der Waals surface area contributed by atoms with E-state index >= 15 is 0 Å². The lowest BCUT2D eigenvalue weighted by atomic mass is 10.2. The first-order chi connectivity index (χ1) is 6.77. The summed E-state index contributed by atoms with van der Waals surface area (Å²) >= 11 is 0. The molecule has 0 saturated carbocycles. The standard InChI is InChI=1S/C8H10N4O2/c13-8(14)6-2-1-5(12-6)7-10-3-9-4-11-7/h3-6,12H,1-2H2,(H,13,14)/t5?,6-/m0/s1. The Hall–Kier alpha value is -1.56. The van der Waals surface area contributed by atoms with Crippen molar-refractivity contribution in [2.24, 2.45) is 0 Å². The average Bonchev–Trinajstić information content (AvgIpc) is 2.68. The lowest BCUT2D eigenvalue weighted by molar-refractivity contribution is -0.139. The fourth-order valence-electron chi connectivity index (χ4n) is 1.57. The Bertz CT molecular complexity index is 329. The minimum absolute atomic E-state index is 0.0564. The normalized spacial score (nSPS) is 26.3. The van der Waals surface area contributed by atoms with Crippen LogP contribution in [0.15, 0.2) is 12.7 Å². The van der Waals surface area contributed by atoms with Crippen LogP contribution in [0.25, 0.3) is 0 Å². The van der Waals surface area contributed by atoms with Gasteiger partial charge in [0, 0.05) is 0 Å². The molecular formula is C8H10N4O2. The number of carboxylic acids is 1. The molecule has 6 heteroatoms. The number of carboxylic acid groups (broad SMARTS) is 1. The van der Waals surface area contributed by atoms with E-state index in [9.17, 15) is 4.79 Å². The third-order valence-electron chi connectivity index (χ3n) is 2.27. The highest BCUT2D eigenvalue weighted by Gasteiger charge is 2.30. The molecule has 14 heavy (non-hydrogen) atoms. The number of rotatable bonds is 2. The molecule has 0 radical (unpaired) electrons. The first-order valence-electron chi connectivity index (χ1n) is 4.38. The van der Waals surface area contributed by atoms with Crippen molar-refractivity contribution in [3.05, 3.63) is 18.5 Å². The third kappa shape index (κ3) is 1.69. The van der Waals surface area contributed by atoms with E-state index in [1.807, 2.05) is 0 Å². The fourth-order valence-corrected chi connectivity index (χ4v) is 1.57. The summed E-state index contributed by atoms with van der Waals surface area (Å²) in [6.45, 7) is 0. The molecule has 0 amide bonds. The molecule has 74 valence electrons. The SMILES string of the molecule is O=C(O)[C@@H]1CCC(c2ncncn2)N1. The minimum Gasteiger partial charge on any atom is -0.480 e. The van der Waals surface area contributed by atoms with Gasteiger partial charge in [-0.05, 0) is 12.8 Å². The first kappa shape index (κ1) is 9.01. The second-order valence-corrected chi connectivity index (χ2v) is 3.18. The molecule has 2 heterocycles. The Morgan fingerprint density at radius 2 is 2.14 bits per heavy atom. The van der Waals surface area contributed by atoms with Gasteiger partial charge in [-0.3, -0.25) is 10.1 Å². The van der Waals surface area contributed by atoms with Crippen LogP contribution in [-0.2, 0) is 4.79 Å². The monoisotopic (exact) mass is 194 g/mol. The molecule has 1 aromatic heterocycles. The highest BCUT2D eigenvalue weighted by molar-refractivity contribution is 5.73. The summed E-state index contributed by atoms with van der Waals surface area (Å²) in [5, 5.41) is 11.7. The highest BCUT2D eigenvalue weighted by atomic mass is 16.4. The molecule has 0 aromatic carbocycles. The number of nitrogens with one attached hydrogen (secondary N) is 1. The number of hydrogen-bond acceptors (Lipinski definition) is 5. The van der Waals surface area contributed by atoms with E-state index < -0.39 is 12.0 Å². The third-order valence-corrected chi connectivity index (χ3v) is 2.27. The average molecular weight is 194 g/mol. The second-order valence-electron chi connectivity index (χ2n) is 3.18. The Balaban J connectivity index is 2.06. The molecule has 1 fully saturated rings. The Morgan fingerprint density at radius 1 is 1.43 bits per heavy atom. The van der Waals surface area contributed by atoms with Gasteiger partial charge in [0.25, 0.3) is 0 Å². The van der Waals surface area contributed by atoms with Gasteiger partial charge >= 0.3 is 5.97 Å². The molecule has 1 aliphatic rings. The van der Waals surface area contributed by atoms with Gasteiger partial charge < -0.3 is 5.11 Å². The molecule has 2 rings (SSSR count). The zero-order valence-corrected chi connectivity index (χ0v) is 7.42. The maximum Gasteiger partial charge on any atom is 0.320 e. The van der Waals surface area contributed by atoms with Crippen LogP contribution in [0.4, 0.5) is 0 Å². The maximum absolute atomic E-state index is 10.7. The number of carbonyl (C=O) groups is 1. The molecule has 0 aliphatic carbocycles. The predicted octanol–water partition coefficient (Wildman–Crippen LogP) is -0.251. The Morgan fingerprint density at radius 3 is 2.71 bits per heavy atom. The Labute approximate surface area is 80.4 Å². The van der Waals surface area contributed by atoms with Crippen LogP contribution in [0.1, 0.15) is 24.7 Å². The van der Waals surface area contributed by atoms with Crippen LogP contribution < -0.4 is 5.32 Å². The molecule has 2 atom stereocenters. The highest BCUT2D eigenvalue weighted by Crippen LogP contribution is 2.23. The summed E-state index contributed by atoms with van der Waals surface area (Å²) in [6.07, 6.45) is 4.20. The van der Waals surface area contributed by atoms with Crippen LogP contribution >= 0.6 is 0 Å². The zero-order chi connectivity index (χ0) is 9.97. The fraction of sp³-hybridized carbons (Fsp3) is 0.500. The van der Waals surface area contributed by atoms with E-state index in [1.54, 1.807) is 0 Å². The van der Waals surface area contributed by atoms with Gasteiger partial charge in [-0.25, -0.2) is 15.0 Å². The van der Waals surface area contributed by atoms with Gasteiger partial charge in [0.1, 0.15) is 24.5 Å². The number of aromatic nitrogens is 3. The molecule has 0 spiro atoms. The quantitative estimate of drug-likeness (QED) is 0.675. The van der Waals surface area contributed by atoms with Crippen molar-refractivity contribution in [3.8, 4) is 0 Å². The van der Waals surface area contributed by atoms with Crippen molar-refractivity contribution in [2.75, 3.05) is 0 Å². The van der Waals surface area contributed by atoms with Crippen LogP contribution in [0.5, 0.6) is 0 Å². The molecule has 1 saturated heterocycles. The van der Waals surface area contributed by atoms with Crippen molar-refractivity contribution in [1.29, 1.82) is 0 Å². The second kappa shape index (κ2) is 3.67. The van der Waals surface area contributed by atoms with Crippen LogP contribution in [0.3, 0.4) is 0 Å². The van der Waals surface area contributed by atoms with Crippen molar-refractivity contribution in [3.63, 3.8) is 0 Å². The summed E-state index contributed by atoms with van der Waals surface area (Å²) in [7, 11) is 0. The molecule has 2 N–H and O–H groups in total. The molecule has 1 unspecified atom stereocenters. The van der Waals surface area contributed by atoms with Gasteiger partial charge in [0.05, 0.1) is 6.04 Å². The number of nitrogens with zero attached hydrogens (tertiary/aromatic N) is 3. The smallest absolute Gasteiger partial charge is 0.320 e. The van der Waals surface area contributed by atoms with Crippen LogP contribution in [0.2, 0.25) is 0 Å². The number of aliphatic carboxylic acids is 1. The Kier molecular flexibility index (Phi) is 2.36. The molecule has 1 aliphatic heterocycles. The van der Waals surface area contributed by atoms with Crippen molar-refractivity contribution < 1.29 is 9.90 Å². The predicted molar refractivity (Wildman–Crippen MR) is 46.4 cm³/mol. The van der Waals surface area contributed by atoms with Gasteiger partial charge in [0.15, 0.2) is 0 Å². The molecule has 1 aromatic rings. The first-order valence-corrected chi connectivity index (χ1v) is 4.38. The lowest BCUT2D eigenvalue weighted by Gasteiger charge is -2.08. The summed E-state index contributed by atoms with van der Waals surface area (Å²) in [4.78, 5) is 22.3. The van der Waals surface area contributed by atoms with Crippen molar-refractivity contribution in [1.82, 2.24) is 20.3 Å². The molecule has 0 bridgehead atoms. The van der Waals surface area contributed by atoms with Gasteiger partial charge in [-0.1, -0.05) is 0 Å². The van der Waals surface area contributed by atoms with E-state index in [0.717, 1.165) is 6.42 Å². The lowest BCUT2D eigenvalue weighted by Crippen LogP contribution is -2.32. The molecular weight excluding hydrogens is 184 g/mol. The zero-order valence-electron chi connectivity index (χ0n) is 7.42. The largest absolute Gasteiger partial charge is 0.480 e. The number of hydrogen-bond donors (Lipinski definition) is 2.